The predicted octanol–water partition coefficient (Wildman–Crippen LogP) is 6.87. The molecule has 8 heteroatoms. The molecule has 4 rings (SSSR count). The molecule has 0 bridgehead atoms. The molecule has 0 aliphatic carbocycles. The molecule has 0 radical (unpaired) electrons. The van der Waals surface area contributed by atoms with Gasteiger partial charge in [-0.1, -0.05) is 51.1 Å². The first-order valence-electron chi connectivity index (χ1n) is 12.4. The number of thiophene rings is 1. The lowest BCUT2D eigenvalue weighted by atomic mass is 9.85. The Morgan fingerprint density at radius 3 is 2.24 bits per heavy atom. The molecule has 1 aliphatic rings. The number of alkyl halides is 3. The van der Waals surface area contributed by atoms with E-state index in [-0.39, 0.29) is 36.0 Å². The van der Waals surface area contributed by atoms with Crippen molar-refractivity contribution in [2.24, 2.45) is 0 Å². The van der Waals surface area contributed by atoms with Crippen molar-refractivity contribution < 1.29 is 22.8 Å². The summed E-state index contributed by atoms with van der Waals surface area (Å²) in [6.45, 7) is 10.5. The van der Waals surface area contributed by atoms with Crippen LogP contribution in [0.5, 0.6) is 0 Å². The molecule has 3 aromatic rings. The van der Waals surface area contributed by atoms with Crippen LogP contribution in [0.25, 0.3) is 0 Å². The van der Waals surface area contributed by atoms with Gasteiger partial charge in [-0.05, 0) is 64.2 Å². The van der Waals surface area contributed by atoms with E-state index in [1.165, 1.54) is 21.4 Å². The second kappa shape index (κ2) is 10.8. The van der Waals surface area contributed by atoms with E-state index >= 15 is 0 Å². The van der Waals surface area contributed by atoms with Crippen LogP contribution >= 0.6 is 11.3 Å². The third-order valence-electron chi connectivity index (χ3n) is 6.80. The minimum atomic E-state index is -4.49. The number of hydrogen-bond acceptors (Lipinski definition) is 3. The van der Waals surface area contributed by atoms with Gasteiger partial charge in [-0.3, -0.25) is 9.59 Å². The lowest BCUT2D eigenvalue weighted by Crippen LogP contribution is -2.46. The normalized spacial score (nSPS) is 15.6. The maximum absolute atomic E-state index is 13.7. The number of fused-ring (bicyclic) bond motifs is 1. The second-order valence-corrected chi connectivity index (χ2v) is 11.5. The van der Waals surface area contributed by atoms with Crippen LogP contribution in [0.3, 0.4) is 0 Å². The second-order valence-electron chi connectivity index (χ2n) is 10.5. The molecule has 0 saturated carbocycles. The molecule has 38 heavy (non-hydrogen) atoms. The van der Waals surface area contributed by atoms with E-state index in [4.69, 9.17) is 0 Å². The number of nitrogens with zero attached hydrogens (tertiary/aromatic N) is 2. The number of carbonyl (C=O) groups excluding carboxylic acids is 2. The maximum Gasteiger partial charge on any atom is 0.416 e. The zero-order valence-electron chi connectivity index (χ0n) is 21.7. The molecule has 4 nitrogen and oxygen atoms in total. The van der Waals surface area contributed by atoms with Gasteiger partial charge in [0, 0.05) is 23.5 Å². The third kappa shape index (κ3) is 5.85. The lowest BCUT2D eigenvalue weighted by molar-refractivity contribution is -0.137. The molecule has 0 fully saturated rings. The fourth-order valence-electron chi connectivity index (χ4n) is 4.72. The van der Waals surface area contributed by atoms with Gasteiger partial charge in [0.1, 0.15) is 6.54 Å². The van der Waals surface area contributed by atoms with Gasteiger partial charge < -0.3 is 9.80 Å². The summed E-state index contributed by atoms with van der Waals surface area (Å²) < 4.78 is 38.9. The summed E-state index contributed by atoms with van der Waals surface area (Å²) in [5.41, 5.74) is 2.52. The monoisotopic (exact) mass is 540 g/mol. The quantitative estimate of drug-likeness (QED) is 0.320. The number of carbonyl (C=O) groups is 2. The molecular weight excluding hydrogens is 509 g/mol. The molecule has 2 aromatic carbocycles. The highest BCUT2D eigenvalue weighted by atomic mass is 32.1. The van der Waals surface area contributed by atoms with Gasteiger partial charge in [0.2, 0.25) is 5.91 Å². The largest absolute Gasteiger partial charge is 0.416 e. The standard InChI is InChI=1S/C30H31F3N2O2S/c1-5-16-34(28(37)21-8-12-23(13-9-21)30(31,32)33)19-26(36)35-17-14-25-24(15-18-38-25)27(35)20-6-10-22(11-7-20)29(2,3)4/h5-13,15,18,27H,1,14,16-17,19H2,2-4H3. The number of halogens is 3. The summed E-state index contributed by atoms with van der Waals surface area (Å²) in [6, 6.07) is 14.1. The Bertz CT molecular complexity index is 1310. The Labute approximate surface area is 225 Å². The smallest absolute Gasteiger partial charge is 0.330 e. The van der Waals surface area contributed by atoms with Crippen molar-refractivity contribution in [1.82, 2.24) is 9.80 Å². The molecule has 0 N–H and O–H groups in total. The van der Waals surface area contributed by atoms with Crippen LogP contribution < -0.4 is 0 Å². The van der Waals surface area contributed by atoms with Gasteiger partial charge in [0.25, 0.3) is 5.91 Å². The minimum Gasteiger partial charge on any atom is -0.330 e. The highest BCUT2D eigenvalue weighted by Gasteiger charge is 2.35. The Kier molecular flexibility index (Phi) is 7.83. The zero-order valence-corrected chi connectivity index (χ0v) is 22.5. The topological polar surface area (TPSA) is 40.6 Å². The molecule has 200 valence electrons. The van der Waals surface area contributed by atoms with E-state index in [1.807, 2.05) is 5.38 Å². The van der Waals surface area contributed by atoms with Crippen molar-refractivity contribution >= 4 is 23.2 Å². The zero-order chi connectivity index (χ0) is 27.7. The predicted molar refractivity (Wildman–Crippen MR) is 144 cm³/mol. The molecule has 1 aromatic heterocycles. The van der Waals surface area contributed by atoms with Gasteiger partial charge in [-0.15, -0.1) is 17.9 Å². The van der Waals surface area contributed by atoms with Gasteiger partial charge in [0.15, 0.2) is 0 Å². The van der Waals surface area contributed by atoms with Gasteiger partial charge in [-0.25, -0.2) is 0 Å². The van der Waals surface area contributed by atoms with Crippen LogP contribution in [0.2, 0.25) is 0 Å². The third-order valence-corrected chi connectivity index (χ3v) is 7.80. The number of benzene rings is 2. The highest BCUT2D eigenvalue weighted by molar-refractivity contribution is 7.10. The summed E-state index contributed by atoms with van der Waals surface area (Å²) in [5.74, 6) is -0.750. The maximum atomic E-state index is 13.7. The first-order chi connectivity index (χ1) is 17.9. The minimum absolute atomic E-state index is 0.00199. The molecule has 1 unspecified atom stereocenters. The van der Waals surface area contributed by atoms with E-state index in [1.54, 1.807) is 16.2 Å². The Hall–Kier alpha value is -3.39. The molecule has 1 aliphatic heterocycles. The van der Waals surface area contributed by atoms with E-state index in [0.717, 1.165) is 41.8 Å². The number of hydrogen-bond donors (Lipinski definition) is 0. The number of rotatable bonds is 6. The van der Waals surface area contributed by atoms with Gasteiger partial charge in [-0.2, -0.15) is 13.2 Å². The van der Waals surface area contributed by atoms with Crippen LogP contribution in [0.1, 0.15) is 64.3 Å². The summed E-state index contributed by atoms with van der Waals surface area (Å²) in [6.07, 6.45) is -2.26. The van der Waals surface area contributed by atoms with E-state index < -0.39 is 17.6 Å². The number of amides is 2. The van der Waals surface area contributed by atoms with E-state index in [9.17, 15) is 22.8 Å². The summed E-state index contributed by atoms with van der Waals surface area (Å²) in [7, 11) is 0. The molecule has 2 heterocycles. The molecule has 1 atom stereocenters. The fraction of sp³-hybridized carbons (Fsp3) is 0.333. The summed E-state index contributed by atoms with van der Waals surface area (Å²) >= 11 is 1.68. The van der Waals surface area contributed by atoms with Crippen molar-refractivity contribution in [3.8, 4) is 0 Å². The first-order valence-corrected chi connectivity index (χ1v) is 13.3. The van der Waals surface area contributed by atoms with Crippen molar-refractivity contribution in [2.45, 2.75) is 44.8 Å². The van der Waals surface area contributed by atoms with E-state index in [2.05, 4.69) is 57.7 Å². The molecular formula is C30H31F3N2O2S. The average Bonchev–Trinajstić information content (AvgIpc) is 3.35. The average molecular weight is 541 g/mol. The van der Waals surface area contributed by atoms with Gasteiger partial charge in [0.05, 0.1) is 11.6 Å². The lowest BCUT2D eigenvalue weighted by Gasteiger charge is -2.37. The Balaban J connectivity index is 1.59. The van der Waals surface area contributed by atoms with Crippen LogP contribution in [0, 0.1) is 0 Å². The highest BCUT2D eigenvalue weighted by Crippen LogP contribution is 2.38. The fourth-order valence-corrected chi connectivity index (χ4v) is 5.63. The van der Waals surface area contributed by atoms with Crippen molar-refractivity contribution in [3.63, 3.8) is 0 Å². The molecule has 0 spiro atoms. The summed E-state index contributed by atoms with van der Waals surface area (Å²) in [4.78, 5) is 31.2. The van der Waals surface area contributed by atoms with Crippen molar-refractivity contribution in [2.75, 3.05) is 19.6 Å². The Morgan fingerprint density at radius 1 is 1.03 bits per heavy atom. The van der Waals surface area contributed by atoms with Crippen molar-refractivity contribution in [3.05, 3.63) is 105 Å². The van der Waals surface area contributed by atoms with Crippen LogP contribution in [0.4, 0.5) is 13.2 Å². The SMILES string of the molecule is C=CCN(CC(=O)N1CCc2sccc2C1c1ccc(C(C)(C)C)cc1)C(=O)c1ccc(C(F)(F)F)cc1. The van der Waals surface area contributed by atoms with Gasteiger partial charge >= 0.3 is 6.18 Å². The van der Waals surface area contributed by atoms with Crippen LogP contribution in [0.15, 0.2) is 72.6 Å². The van der Waals surface area contributed by atoms with Crippen LogP contribution in [-0.2, 0) is 22.8 Å². The summed E-state index contributed by atoms with van der Waals surface area (Å²) in [5, 5.41) is 2.04. The van der Waals surface area contributed by atoms with E-state index in [0.29, 0.717) is 6.54 Å². The molecule has 0 saturated heterocycles. The first kappa shape index (κ1) is 27.6. The van der Waals surface area contributed by atoms with Crippen LogP contribution in [-0.4, -0.2) is 41.2 Å². The Morgan fingerprint density at radius 2 is 1.66 bits per heavy atom. The van der Waals surface area contributed by atoms with Crippen molar-refractivity contribution in [1.29, 1.82) is 0 Å². The molecule has 2 amide bonds.